The highest BCUT2D eigenvalue weighted by Crippen LogP contribution is 2.40. The molecule has 7 nitrogen and oxygen atoms in total. The van der Waals surface area contributed by atoms with Gasteiger partial charge in [0.05, 0.1) is 28.4 Å². The second-order valence-corrected chi connectivity index (χ2v) is 7.87. The van der Waals surface area contributed by atoms with Crippen molar-refractivity contribution in [3.63, 3.8) is 0 Å². The summed E-state index contributed by atoms with van der Waals surface area (Å²) in [7, 11) is 1.46. The average Bonchev–Trinajstić information content (AvgIpc) is 2.90. The van der Waals surface area contributed by atoms with E-state index in [1.807, 2.05) is 0 Å². The number of thiocarbonyl (C=S) groups is 1. The SMILES string of the molecule is CNC(=O)c1ccc(N2C(=S)N(c3ccc(C#N)c(C(F)(F)F)c3)C(=O)C2(C)C)cc1N. The number of hydrogen-bond donors (Lipinski definition) is 2. The van der Waals surface area contributed by atoms with Crippen molar-refractivity contribution in [2.24, 2.45) is 0 Å². The van der Waals surface area contributed by atoms with Crippen molar-refractivity contribution in [3.05, 3.63) is 53.1 Å². The van der Waals surface area contributed by atoms with Gasteiger partial charge in [-0.15, -0.1) is 0 Å². The fraction of sp³-hybridized carbons (Fsp3) is 0.238. The maximum Gasteiger partial charge on any atom is 0.417 e. The van der Waals surface area contributed by atoms with Gasteiger partial charge in [-0.2, -0.15) is 18.4 Å². The zero-order valence-corrected chi connectivity index (χ0v) is 18.1. The molecule has 0 unspecified atom stereocenters. The summed E-state index contributed by atoms with van der Waals surface area (Å²) >= 11 is 5.47. The predicted molar refractivity (Wildman–Crippen MR) is 117 cm³/mol. The minimum Gasteiger partial charge on any atom is -0.398 e. The molecule has 0 radical (unpaired) electrons. The Morgan fingerprint density at radius 1 is 1.19 bits per heavy atom. The van der Waals surface area contributed by atoms with Crippen LogP contribution in [0.1, 0.15) is 35.3 Å². The molecule has 3 rings (SSSR count). The molecule has 0 bridgehead atoms. The van der Waals surface area contributed by atoms with Gasteiger partial charge in [0, 0.05) is 18.4 Å². The van der Waals surface area contributed by atoms with Crippen molar-refractivity contribution >= 4 is 46.2 Å². The molecular formula is C21H18F3N5O2S. The maximum absolute atomic E-state index is 13.4. The molecule has 0 atom stereocenters. The second kappa shape index (κ2) is 7.80. The Labute approximate surface area is 187 Å². The lowest BCUT2D eigenvalue weighted by Crippen LogP contribution is -2.44. The molecule has 3 N–H and O–H groups in total. The lowest BCUT2D eigenvalue weighted by Gasteiger charge is -2.29. The van der Waals surface area contributed by atoms with Gasteiger partial charge in [0.25, 0.3) is 11.8 Å². The van der Waals surface area contributed by atoms with Crippen LogP contribution in [0.3, 0.4) is 0 Å². The van der Waals surface area contributed by atoms with Crippen LogP contribution in [-0.2, 0) is 11.0 Å². The van der Waals surface area contributed by atoms with E-state index in [0.29, 0.717) is 5.69 Å². The molecule has 0 aliphatic carbocycles. The highest BCUT2D eigenvalue weighted by atomic mass is 32.1. The number of carbonyl (C=O) groups is 2. The number of benzene rings is 2. The van der Waals surface area contributed by atoms with E-state index in [1.165, 1.54) is 36.2 Å². The minimum absolute atomic E-state index is 0.0649. The summed E-state index contributed by atoms with van der Waals surface area (Å²) in [5.74, 6) is -0.957. The lowest BCUT2D eigenvalue weighted by atomic mass is 10.0. The van der Waals surface area contributed by atoms with Crippen LogP contribution in [0, 0.1) is 11.3 Å². The third-order valence-corrected chi connectivity index (χ3v) is 5.49. The van der Waals surface area contributed by atoms with Crippen LogP contribution in [0.5, 0.6) is 0 Å². The molecule has 2 aromatic carbocycles. The van der Waals surface area contributed by atoms with E-state index in [9.17, 15) is 22.8 Å². The van der Waals surface area contributed by atoms with Gasteiger partial charge < -0.3 is 16.0 Å². The number of anilines is 3. The van der Waals surface area contributed by atoms with Gasteiger partial charge in [0.2, 0.25) is 0 Å². The topological polar surface area (TPSA) is 102 Å². The number of hydrogen-bond acceptors (Lipinski definition) is 5. The molecule has 11 heteroatoms. The molecule has 1 saturated heterocycles. The molecule has 2 amide bonds. The van der Waals surface area contributed by atoms with E-state index in [1.54, 1.807) is 19.9 Å². The van der Waals surface area contributed by atoms with Crippen molar-refractivity contribution in [1.82, 2.24) is 5.32 Å². The second-order valence-electron chi connectivity index (χ2n) is 7.51. The van der Waals surface area contributed by atoms with E-state index in [2.05, 4.69) is 5.32 Å². The van der Waals surface area contributed by atoms with Crippen LogP contribution in [0.2, 0.25) is 0 Å². The number of nitrogens with one attached hydrogen (secondary N) is 1. The summed E-state index contributed by atoms with van der Waals surface area (Å²) < 4.78 is 40.3. The Hall–Kier alpha value is -3.65. The van der Waals surface area contributed by atoms with Crippen molar-refractivity contribution in [3.8, 4) is 6.07 Å². The molecule has 0 aromatic heterocycles. The van der Waals surface area contributed by atoms with Crippen molar-refractivity contribution in [2.75, 3.05) is 22.6 Å². The summed E-state index contributed by atoms with van der Waals surface area (Å²) in [4.78, 5) is 27.6. The van der Waals surface area contributed by atoms with Crippen LogP contribution in [0.4, 0.5) is 30.2 Å². The van der Waals surface area contributed by atoms with E-state index >= 15 is 0 Å². The van der Waals surface area contributed by atoms with Crippen LogP contribution in [-0.4, -0.2) is 29.5 Å². The summed E-state index contributed by atoms with van der Waals surface area (Å²) in [5, 5.41) is 11.4. The minimum atomic E-state index is -4.79. The van der Waals surface area contributed by atoms with Gasteiger partial charge in [-0.3, -0.25) is 14.5 Å². The van der Waals surface area contributed by atoms with Crippen LogP contribution in [0.15, 0.2) is 36.4 Å². The fourth-order valence-corrected chi connectivity index (χ4v) is 4.01. The first-order chi connectivity index (χ1) is 14.8. The predicted octanol–water partition coefficient (Wildman–Crippen LogP) is 3.44. The first-order valence-corrected chi connectivity index (χ1v) is 9.67. The van der Waals surface area contributed by atoms with E-state index in [4.69, 9.17) is 23.2 Å². The number of rotatable bonds is 3. The quantitative estimate of drug-likeness (QED) is 0.536. The molecule has 0 saturated carbocycles. The standard InChI is InChI=1S/C21H18F3N5O2S/c1-20(2)18(31)28(12-5-4-11(10-25)15(8-12)21(22,23)24)19(32)29(20)13-6-7-14(16(26)9-13)17(30)27-3/h4-9H,26H2,1-3H3,(H,27,30). The highest BCUT2D eigenvalue weighted by Gasteiger charge is 2.50. The van der Waals surface area contributed by atoms with Crippen LogP contribution in [0.25, 0.3) is 0 Å². The van der Waals surface area contributed by atoms with Crippen molar-refractivity contribution in [2.45, 2.75) is 25.6 Å². The zero-order valence-electron chi connectivity index (χ0n) is 17.2. The molecule has 1 heterocycles. The molecule has 2 aromatic rings. The van der Waals surface area contributed by atoms with Gasteiger partial charge >= 0.3 is 6.18 Å². The van der Waals surface area contributed by atoms with Crippen molar-refractivity contribution in [1.29, 1.82) is 5.26 Å². The zero-order chi connectivity index (χ0) is 24.0. The number of nitrogen functional groups attached to an aromatic ring is 1. The number of nitriles is 1. The number of amides is 2. The fourth-order valence-electron chi connectivity index (χ4n) is 3.49. The summed E-state index contributed by atoms with van der Waals surface area (Å²) in [5.41, 5.74) is 3.66. The molecule has 1 aliphatic heterocycles. The van der Waals surface area contributed by atoms with Gasteiger partial charge in [-0.25, -0.2) is 0 Å². The molecule has 0 spiro atoms. The monoisotopic (exact) mass is 461 g/mol. The number of carbonyl (C=O) groups excluding carboxylic acids is 2. The number of nitrogens with two attached hydrogens (primary N) is 1. The Balaban J connectivity index is 2.10. The van der Waals surface area contributed by atoms with Crippen LogP contribution >= 0.6 is 12.2 Å². The summed E-state index contributed by atoms with van der Waals surface area (Å²) in [6.07, 6.45) is -4.79. The first-order valence-electron chi connectivity index (χ1n) is 9.26. The molecular weight excluding hydrogens is 443 g/mol. The third-order valence-electron chi connectivity index (χ3n) is 5.12. The smallest absolute Gasteiger partial charge is 0.398 e. The normalized spacial score (nSPS) is 15.7. The number of halogens is 3. The third kappa shape index (κ3) is 3.62. The van der Waals surface area contributed by atoms with Gasteiger partial charge in [-0.05, 0) is 62.5 Å². The molecule has 1 aliphatic rings. The van der Waals surface area contributed by atoms with Gasteiger partial charge in [0.15, 0.2) is 5.11 Å². The Kier molecular flexibility index (Phi) is 5.61. The summed E-state index contributed by atoms with van der Waals surface area (Å²) in [6, 6.07) is 8.96. The van der Waals surface area contributed by atoms with E-state index < -0.39 is 34.7 Å². The van der Waals surface area contributed by atoms with Crippen molar-refractivity contribution < 1.29 is 22.8 Å². The number of alkyl halides is 3. The Bertz CT molecular complexity index is 1190. The Morgan fingerprint density at radius 3 is 2.34 bits per heavy atom. The van der Waals surface area contributed by atoms with Crippen LogP contribution < -0.4 is 20.9 Å². The average molecular weight is 461 g/mol. The maximum atomic E-state index is 13.4. The van der Waals surface area contributed by atoms with E-state index in [0.717, 1.165) is 17.0 Å². The largest absolute Gasteiger partial charge is 0.417 e. The first kappa shape index (κ1) is 23.0. The molecule has 32 heavy (non-hydrogen) atoms. The molecule has 1 fully saturated rings. The van der Waals surface area contributed by atoms with Gasteiger partial charge in [-0.1, -0.05) is 0 Å². The molecule has 166 valence electrons. The lowest BCUT2D eigenvalue weighted by molar-refractivity contribution is -0.137. The highest BCUT2D eigenvalue weighted by molar-refractivity contribution is 7.81. The summed E-state index contributed by atoms with van der Waals surface area (Å²) in [6.45, 7) is 3.14. The Morgan fingerprint density at radius 2 is 1.81 bits per heavy atom. The number of nitrogens with zero attached hydrogens (tertiary/aromatic N) is 3. The van der Waals surface area contributed by atoms with E-state index in [-0.39, 0.29) is 22.1 Å². The van der Waals surface area contributed by atoms with Gasteiger partial charge in [0.1, 0.15) is 5.54 Å².